The van der Waals surface area contributed by atoms with E-state index >= 15 is 0 Å². The smallest absolute Gasteiger partial charge is 0.0406 e. The fraction of sp³-hybridized carbons (Fsp3) is 0.647. The van der Waals surface area contributed by atoms with Gasteiger partial charge in [-0.05, 0) is 42.4 Å². The first-order valence-electron chi connectivity index (χ1n) is 7.44. The highest BCUT2D eigenvalue weighted by molar-refractivity contribution is 6.30. The Morgan fingerprint density at radius 3 is 1.67 bits per heavy atom. The third kappa shape index (κ3) is 4.65. The summed E-state index contributed by atoms with van der Waals surface area (Å²) in [5, 5.41) is 0.835. The summed E-state index contributed by atoms with van der Waals surface area (Å²) in [7, 11) is 0. The molecule has 1 aromatic rings. The molecule has 0 aliphatic heterocycles. The molecule has 0 fully saturated rings. The van der Waals surface area contributed by atoms with E-state index in [9.17, 15) is 0 Å². The topological polar surface area (TPSA) is 0 Å². The first-order chi connectivity index (χ1) is 8.68. The molecule has 0 radical (unpaired) electrons. The van der Waals surface area contributed by atoms with Crippen LogP contribution in [0, 0.1) is 0 Å². The van der Waals surface area contributed by atoms with Crippen LogP contribution in [0.25, 0.3) is 0 Å². The minimum absolute atomic E-state index is 0.369. The van der Waals surface area contributed by atoms with Crippen LogP contribution in [-0.4, -0.2) is 0 Å². The second-order valence-corrected chi connectivity index (χ2v) is 5.08. The summed E-state index contributed by atoms with van der Waals surface area (Å²) >= 11 is 5.96. The van der Waals surface area contributed by atoms with Crippen LogP contribution in [0.2, 0.25) is 5.02 Å². The van der Waals surface area contributed by atoms with E-state index < -0.39 is 0 Å². The van der Waals surface area contributed by atoms with Gasteiger partial charge in [-0.25, -0.2) is 0 Å². The van der Waals surface area contributed by atoms with Crippen LogP contribution in [-0.2, 0) is 5.41 Å². The SMILES string of the molecule is CC.CCCC(CC)(CCC)c1ccc(Cl)cc1. The summed E-state index contributed by atoms with van der Waals surface area (Å²) < 4.78 is 0. The second-order valence-electron chi connectivity index (χ2n) is 4.64. The summed E-state index contributed by atoms with van der Waals surface area (Å²) in [5.74, 6) is 0. The standard InChI is InChI=1S/C15H23Cl.C2H6/c1-4-11-15(6-3,12-5-2)13-7-9-14(16)10-8-13;1-2/h7-10H,4-6,11-12H2,1-3H3;1-2H3. The monoisotopic (exact) mass is 268 g/mol. The maximum Gasteiger partial charge on any atom is 0.0406 e. The number of halogens is 1. The van der Waals surface area contributed by atoms with Gasteiger partial charge in [0, 0.05) is 5.02 Å². The number of rotatable bonds is 6. The summed E-state index contributed by atoms with van der Waals surface area (Å²) in [6.07, 6.45) is 6.27. The molecule has 0 amide bonds. The van der Waals surface area contributed by atoms with Crippen molar-refractivity contribution in [3.63, 3.8) is 0 Å². The zero-order valence-corrected chi connectivity index (χ0v) is 13.5. The zero-order chi connectivity index (χ0) is 14.0. The number of hydrogen-bond acceptors (Lipinski definition) is 0. The van der Waals surface area contributed by atoms with E-state index in [0.29, 0.717) is 5.41 Å². The van der Waals surface area contributed by atoms with Crippen LogP contribution < -0.4 is 0 Å². The van der Waals surface area contributed by atoms with Crippen molar-refractivity contribution in [2.75, 3.05) is 0 Å². The van der Waals surface area contributed by atoms with Crippen LogP contribution in [0.4, 0.5) is 0 Å². The van der Waals surface area contributed by atoms with Crippen molar-refractivity contribution in [3.05, 3.63) is 34.9 Å². The molecule has 1 rings (SSSR count). The van der Waals surface area contributed by atoms with Crippen molar-refractivity contribution in [2.45, 2.75) is 72.1 Å². The van der Waals surface area contributed by atoms with Gasteiger partial charge in [0.1, 0.15) is 0 Å². The fourth-order valence-electron chi connectivity index (χ4n) is 2.73. The molecule has 0 aromatic heterocycles. The molecule has 104 valence electrons. The molecular weight excluding hydrogens is 240 g/mol. The Morgan fingerprint density at radius 2 is 1.33 bits per heavy atom. The molecule has 0 saturated heterocycles. The van der Waals surface area contributed by atoms with Gasteiger partial charge in [0.2, 0.25) is 0 Å². The molecule has 18 heavy (non-hydrogen) atoms. The molecule has 0 spiro atoms. The van der Waals surface area contributed by atoms with Gasteiger partial charge in [0.05, 0.1) is 0 Å². The largest absolute Gasteiger partial charge is 0.0843 e. The van der Waals surface area contributed by atoms with Crippen LogP contribution in [0.1, 0.15) is 72.3 Å². The van der Waals surface area contributed by atoms with Crippen molar-refractivity contribution in [1.82, 2.24) is 0 Å². The first-order valence-corrected chi connectivity index (χ1v) is 7.82. The van der Waals surface area contributed by atoms with Crippen molar-refractivity contribution in [3.8, 4) is 0 Å². The normalized spacial score (nSPS) is 10.8. The zero-order valence-electron chi connectivity index (χ0n) is 12.7. The molecule has 0 bridgehead atoms. The summed E-state index contributed by atoms with van der Waals surface area (Å²) in [6, 6.07) is 8.45. The lowest BCUT2D eigenvalue weighted by atomic mass is 9.71. The molecule has 0 saturated carbocycles. The lowest BCUT2D eigenvalue weighted by Gasteiger charge is -2.33. The Balaban J connectivity index is 0.00000137. The average Bonchev–Trinajstić information content (AvgIpc) is 2.41. The Bertz CT molecular complexity index is 294. The Morgan fingerprint density at radius 1 is 0.889 bits per heavy atom. The predicted molar refractivity (Wildman–Crippen MR) is 84.6 cm³/mol. The molecule has 0 N–H and O–H groups in total. The molecule has 1 heteroatoms. The third-order valence-corrected chi connectivity index (χ3v) is 3.84. The fourth-order valence-corrected chi connectivity index (χ4v) is 2.86. The van der Waals surface area contributed by atoms with E-state index in [-0.39, 0.29) is 0 Å². The molecule has 0 nitrogen and oxygen atoms in total. The third-order valence-electron chi connectivity index (χ3n) is 3.59. The van der Waals surface area contributed by atoms with E-state index in [1.54, 1.807) is 0 Å². The van der Waals surface area contributed by atoms with Crippen molar-refractivity contribution >= 4 is 11.6 Å². The quantitative estimate of drug-likeness (QED) is 0.544. The average molecular weight is 269 g/mol. The number of hydrogen-bond donors (Lipinski definition) is 0. The Labute approximate surface area is 119 Å². The lowest BCUT2D eigenvalue weighted by molar-refractivity contribution is 0.343. The highest BCUT2D eigenvalue weighted by atomic mass is 35.5. The van der Waals surface area contributed by atoms with Crippen LogP contribution in [0.5, 0.6) is 0 Å². The van der Waals surface area contributed by atoms with E-state index in [4.69, 9.17) is 11.6 Å². The maximum absolute atomic E-state index is 5.96. The van der Waals surface area contributed by atoms with E-state index in [1.165, 1.54) is 37.7 Å². The van der Waals surface area contributed by atoms with E-state index in [0.717, 1.165) is 5.02 Å². The van der Waals surface area contributed by atoms with Gasteiger partial charge in [0.25, 0.3) is 0 Å². The van der Waals surface area contributed by atoms with Crippen molar-refractivity contribution in [1.29, 1.82) is 0 Å². The van der Waals surface area contributed by atoms with Gasteiger partial charge in [-0.3, -0.25) is 0 Å². The van der Waals surface area contributed by atoms with Gasteiger partial charge in [-0.2, -0.15) is 0 Å². The molecular formula is C17H29Cl. The van der Waals surface area contributed by atoms with Crippen LogP contribution in [0.15, 0.2) is 24.3 Å². The van der Waals surface area contributed by atoms with Gasteiger partial charge in [-0.15, -0.1) is 0 Å². The highest BCUT2D eigenvalue weighted by Crippen LogP contribution is 2.37. The molecule has 0 aliphatic rings. The Hall–Kier alpha value is -0.490. The Kier molecular flexibility index (Phi) is 9.18. The van der Waals surface area contributed by atoms with Crippen molar-refractivity contribution < 1.29 is 0 Å². The van der Waals surface area contributed by atoms with Gasteiger partial charge in [-0.1, -0.05) is 71.2 Å². The second kappa shape index (κ2) is 9.44. The molecule has 0 atom stereocenters. The number of benzene rings is 1. The first kappa shape index (κ1) is 17.5. The minimum Gasteiger partial charge on any atom is -0.0843 e. The van der Waals surface area contributed by atoms with E-state index in [2.05, 4.69) is 32.9 Å². The van der Waals surface area contributed by atoms with Crippen LogP contribution in [0.3, 0.4) is 0 Å². The summed E-state index contributed by atoms with van der Waals surface area (Å²) in [6.45, 7) is 10.9. The summed E-state index contributed by atoms with van der Waals surface area (Å²) in [4.78, 5) is 0. The van der Waals surface area contributed by atoms with Crippen molar-refractivity contribution in [2.24, 2.45) is 0 Å². The van der Waals surface area contributed by atoms with Crippen LogP contribution >= 0.6 is 11.6 Å². The van der Waals surface area contributed by atoms with Gasteiger partial charge >= 0.3 is 0 Å². The van der Waals surface area contributed by atoms with Gasteiger partial charge in [0.15, 0.2) is 0 Å². The summed E-state index contributed by atoms with van der Waals surface area (Å²) in [5.41, 5.74) is 1.83. The van der Waals surface area contributed by atoms with Gasteiger partial charge < -0.3 is 0 Å². The minimum atomic E-state index is 0.369. The highest BCUT2D eigenvalue weighted by Gasteiger charge is 2.28. The molecule has 1 aromatic carbocycles. The van der Waals surface area contributed by atoms with E-state index in [1.807, 2.05) is 26.0 Å². The molecule has 0 unspecified atom stereocenters. The molecule has 0 heterocycles. The molecule has 0 aliphatic carbocycles. The predicted octanol–water partition coefficient (Wildman–Crippen LogP) is 6.61. The maximum atomic E-state index is 5.96. The lowest BCUT2D eigenvalue weighted by Crippen LogP contribution is -2.24.